The minimum Gasteiger partial charge on any atom is -0.444 e. The van der Waals surface area contributed by atoms with Gasteiger partial charge in [-0.3, -0.25) is 4.79 Å². The third kappa shape index (κ3) is 5.61. The van der Waals surface area contributed by atoms with Crippen molar-refractivity contribution in [3.63, 3.8) is 0 Å². The Labute approximate surface area is 192 Å². The van der Waals surface area contributed by atoms with Gasteiger partial charge in [0.15, 0.2) is 11.6 Å². The van der Waals surface area contributed by atoms with Gasteiger partial charge in [-0.25, -0.2) is 13.6 Å². The number of hydrogen-bond donors (Lipinski definition) is 1. The number of amides is 2. The molecule has 2 aromatic carbocycles. The summed E-state index contributed by atoms with van der Waals surface area (Å²) in [6.45, 7) is 8.44. The zero-order chi connectivity index (χ0) is 24.6. The first-order valence-electron chi connectivity index (χ1n) is 10.7. The maximum absolute atomic E-state index is 15.2. The number of nitrogens with zero attached hydrogens (tertiary/aromatic N) is 1. The molecule has 3 rings (SSSR count). The van der Waals surface area contributed by atoms with Gasteiger partial charge in [-0.1, -0.05) is 24.3 Å². The number of nitrogens with one attached hydrogen (secondary N) is 1. The van der Waals surface area contributed by atoms with Crippen LogP contribution in [0, 0.1) is 11.6 Å². The van der Waals surface area contributed by atoms with Crippen molar-refractivity contribution in [1.82, 2.24) is 5.32 Å². The molecule has 1 saturated heterocycles. The molecule has 0 saturated carbocycles. The maximum Gasteiger partial charge on any atom is 0.408 e. The van der Waals surface area contributed by atoms with Crippen molar-refractivity contribution in [3.8, 4) is 11.1 Å². The summed E-state index contributed by atoms with van der Waals surface area (Å²) in [5.41, 5.74) is -0.610. The molecule has 1 fully saturated rings. The molecule has 1 heterocycles. The Balaban J connectivity index is 1.91. The Morgan fingerprint density at radius 2 is 1.76 bits per heavy atom. The first kappa shape index (κ1) is 24.9. The van der Waals surface area contributed by atoms with Gasteiger partial charge in [0.2, 0.25) is 5.91 Å². The lowest BCUT2D eigenvalue weighted by Crippen LogP contribution is -2.53. The fourth-order valence-electron chi connectivity index (χ4n) is 3.82. The number of halogens is 2. The van der Waals surface area contributed by atoms with E-state index in [1.165, 1.54) is 12.1 Å². The molecule has 1 N–H and O–H groups in total. The van der Waals surface area contributed by atoms with Gasteiger partial charge in [0.25, 0.3) is 0 Å². The van der Waals surface area contributed by atoms with E-state index in [1.54, 1.807) is 58.4 Å². The molecule has 0 bridgehead atoms. The Hall–Kier alpha value is -2.73. The van der Waals surface area contributed by atoms with Gasteiger partial charge >= 0.3 is 6.09 Å². The number of piperidine rings is 1. The van der Waals surface area contributed by atoms with Gasteiger partial charge < -0.3 is 19.5 Å². The smallest absolute Gasteiger partial charge is 0.408 e. The standard InChI is InChI=1S/C24H29F2N2O4P/c1-24(2,3)32-23(30)27-17-10-8-14-28(22(17)29)18-13-12-16(20(25)21(18)26)15-9-6-7-11-19(15)33(4,5)31/h6-7,9,11-13,17H,8,10,14H2,1-5H3,(H,27,30). The largest absolute Gasteiger partial charge is 0.444 e. The molecule has 1 unspecified atom stereocenters. The van der Waals surface area contributed by atoms with E-state index in [0.29, 0.717) is 23.7 Å². The topological polar surface area (TPSA) is 75.7 Å². The summed E-state index contributed by atoms with van der Waals surface area (Å²) in [6, 6.07) is 8.44. The fraction of sp³-hybridized carbons (Fsp3) is 0.417. The summed E-state index contributed by atoms with van der Waals surface area (Å²) in [5.74, 6) is -2.83. The lowest BCUT2D eigenvalue weighted by Gasteiger charge is -2.33. The van der Waals surface area contributed by atoms with Crippen molar-refractivity contribution in [2.75, 3.05) is 24.8 Å². The summed E-state index contributed by atoms with van der Waals surface area (Å²) in [4.78, 5) is 26.2. The van der Waals surface area contributed by atoms with Gasteiger partial charge in [-0.15, -0.1) is 0 Å². The van der Waals surface area contributed by atoms with Crippen molar-refractivity contribution in [1.29, 1.82) is 0 Å². The summed E-state index contributed by atoms with van der Waals surface area (Å²) in [6.07, 6.45) is 0.115. The second-order valence-electron chi connectivity index (χ2n) is 9.46. The minimum absolute atomic E-state index is 0.0244. The highest BCUT2D eigenvalue weighted by Gasteiger charge is 2.34. The summed E-state index contributed by atoms with van der Waals surface area (Å²) < 4.78 is 48.3. The van der Waals surface area contributed by atoms with Crippen LogP contribution in [-0.4, -0.2) is 43.5 Å². The second kappa shape index (κ2) is 9.26. The van der Waals surface area contributed by atoms with Crippen LogP contribution in [0.4, 0.5) is 19.3 Å². The van der Waals surface area contributed by atoms with Crippen LogP contribution < -0.4 is 15.5 Å². The predicted molar refractivity (Wildman–Crippen MR) is 126 cm³/mol. The van der Waals surface area contributed by atoms with Crippen LogP contribution in [0.1, 0.15) is 33.6 Å². The number of alkyl carbamates (subject to hydrolysis) is 1. The molecule has 9 heteroatoms. The molecule has 0 spiro atoms. The molecule has 1 aliphatic rings. The van der Waals surface area contributed by atoms with E-state index in [0.717, 1.165) is 4.90 Å². The number of carbonyl (C=O) groups excluding carboxylic acids is 2. The van der Waals surface area contributed by atoms with E-state index in [1.807, 2.05) is 0 Å². The summed E-state index contributed by atoms with van der Waals surface area (Å²) in [5, 5.41) is 2.97. The number of anilines is 1. The highest BCUT2D eigenvalue weighted by Crippen LogP contribution is 2.40. The van der Waals surface area contributed by atoms with Crippen molar-refractivity contribution in [2.45, 2.75) is 45.3 Å². The van der Waals surface area contributed by atoms with Crippen LogP contribution in [0.3, 0.4) is 0 Å². The molecule has 2 amide bonds. The predicted octanol–water partition coefficient (Wildman–Crippen LogP) is 4.90. The molecule has 0 aromatic heterocycles. The number of benzene rings is 2. The molecule has 0 aliphatic carbocycles. The average molecular weight is 478 g/mol. The Morgan fingerprint density at radius 3 is 2.39 bits per heavy atom. The Kier molecular flexibility index (Phi) is 6.99. The second-order valence-corrected chi connectivity index (χ2v) is 12.6. The first-order chi connectivity index (χ1) is 15.3. The lowest BCUT2D eigenvalue weighted by atomic mass is 10.0. The van der Waals surface area contributed by atoms with Gasteiger partial charge in [0.05, 0.1) is 5.69 Å². The highest BCUT2D eigenvalue weighted by molar-refractivity contribution is 7.70. The van der Waals surface area contributed by atoms with E-state index >= 15 is 8.78 Å². The quantitative estimate of drug-likeness (QED) is 0.635. The zero-order valence-corrected chi connectivity index (χ0v) is 20.3. The minimum atomic E-state index is -2.75. The SMILES string of the molecule is CC(C)(C)OC(=O)NC1CCCN(c2ccc(-c3ccccc3P(C)(C)=O)c(F)c2F)C1=O. The van der Waals surface area contributed by atoms with Gasteiger partial charge in [0, 0.05) is 17.4 Å². The van der Waals surface area contributed by atoms with Crippen LogP contribution >= 0.6 is 7.14 Å². The average Bonchev–Trinajstić information content (AvgIpc) is 2.70. The molecule has 0 radical (unpaired) electrons. The Bertz CT molecular complexity index is 1120. The summed E-state index contributed by atoms with van der Waals surface area (Å²) >= 11 is 0. The van der Waals surface area contributed by atoms with Crippen molar-refractivity contribution >= 4 is 30.1 Å². The normalized spacial score (nSPS) is 17.1. The van der Waals surface area contributed by atoms with Gasteiger partial charge in [0.1, 0.15) is 18.8 Å². The number of hydrogen-bond acceptors (Lipinski definition) is 4. The number of carbonyl (C=O) groups is 2. The number of ether oxygens (including phenoxy) is 1. The molecular formula is C24H29F2N2O4P. The Morgan fingerprint density at radius 1 is 1.09 bits per heavy atom. The molecule has 2 aromatic rings. The molecule has 6 nitrogen and oxygen atoms in total. The van der Waals surface area contributed by atoms with Crippen LogP contribution in [0.25, 0.3) is 11.1 Å². The van der Waals surface area contributed by atoms with Crippen LogP contribution in [0.15, 0.2) is 36.4 Å². The van der Waals surface area contributed by atoms with Crippen molar-refractivity contribution < 1.29 is 27.7 Å². The summed E-state index contributed by atoms with van der Waals surface area (Å²) in [7, 11) is -2.75. The van der Waals surface area contributed by atoms with Crippen LogP contribution in [-0.2, 0) is 14.1 Å². The molecular weight excluding hydrogens is 449 g/mol. The van der Waals surface area contributed by atoms with Crippen LogP contribution in [0.5, 0.6) is 0 Å². The first-order valence-corrected chi connectivity index (χ1v) is 13.3. The number of rotatable bonds is 4. The molecule has 178 valence electrons. The van der Waals surface area contributed by atoms with E-state index in [4.69, 9.17) is 4.74 Å². The maximum atomic E-state index is 15.2. The molecule has 33 heavy (non-hydrogen) atoms. The third-order valence-electron chi connectivity index (χ3n) is 5.26. The van der Waals surface area contributed by atoms with Gasteiger partial charge in [-0.2, -0.15) is 0 Å². The zero-order valence-electron chi connectivity index (χ0n) is 19.4. The molecule has 1 atom stereocenters. The third-order valence-corrected chi connectivity index (χ3v) is 6.81. The highest BCUT2D eigenvalue weighted by atomic mass is 31.2. The fourth-order valence-corrected chi connectivity index (χ4v) is 5.05. The molecule has 1 aliphatic heterocycles. The van der Waals surface area contributed by atoms with E-state index < -0.39 is 42.4 Å². The monoisotopic (exact) mass is 478 g/mol. The van der Waals surface area contributed by atoms with E-state index in [-0.39, 0.29) is 17.8 Å². The van der Waals surface area contributed by atoms with Crippen LogP contribution in [0.2, 0.25) is 0 Å². The lowest BCUT2D eigenvalue weighted by molar-refractivity contribution is -0.121. The van der Waals surface area contributed by atoms with E-state index in [9.17, 15) is 14.2 Å². The van der Waals surface area contributed by atoms with E-state index in [2.05, 4.69) is 5.32 Å². The van der Waals surface area contributed by atoms with Crippen molar-refractivity contribution in [3.05, 3.63) is 48.0 Å². The van der Waals surface area contributed by atoms with Crippen molar-refractivity contribution in [2.24, 2.45) is 0 Å². The van der Waals surface area contributed by atoms with Gasteiger partial charge in [-0.05, 0) is 64.6 Å².